The Labute approximate surface area is 95.6 Å². The standard InChI is InChI=1S/C14H16O2/c15-14-13(10-6-2-1-3-7-10)11-8-4-5-9-12(11)16-14/h1-3,6-7,11-13H,4-5,8-9H2/t11-,12+,13-/m0/s1. The van der Waals surface area contributed by atoms with Crippen LogP contribution in [-0.2, 0) is 9.53 Å². The molecular formula is C14H16O2. The van der Waals surface area contributed by atoms with E-state index in [0.717, 1.165) is 18.4 Å². The number of hydrogen-bond acceptors (Lipinski definition) is 2. The summed E-state index contributed by atoms with van der Waals surface area (Å²) >= 11 is 0. The van der Waals surface area contributed by atoms with E-state index in [0.29, 0.717) is 5.92 Å². The van der Waals surface area contributed by atoms with Crippen LogP contribution in [0.1, 0.15) is 37.2 Å². The van der Waals surface area contributed by atoms with Crippen LogP contribution in [0.3, 0.4) is 0 Å². The van der Waals surface area contributed by atoms with Crippen molar-refractivity contribution in [3.05, 3.63) is 35.9 Å². The van der Waals surface area contributed by atoms with Gasteiger partial charge >= 0.3 is 5.97 Å². The molecule has 3 rings (SSSR count). The zero-order valence-corrected chi connectivity index (χ0v) is 9.26. The third kappa shape index (κ3) is 1.53. The van der Waals surface area contributed by atoms with Crippen LogP contribution < -0.4 is 0 Å². The second kappa shape index (κ2) is 3.93. The molecule has 0 spiro atoms. The molecule has 84 valence electrons. The van der Waals surface area contributed by atoms with Gasteiger partial charge in [0.1, 0.15) is 6.10 Å². The molecule has 2 fully saturated rings. The van der Waals surface area contributed by atoms with E-state index >= 15 is 0 Å². The first-order valence-corrected chi connectivity index (χ1v) is 6.12. The van der Waals surface area contributed by atoms with Crippen LogP contribution in [0.4, 0.5) is 0 Å². The summed E-state index contributed by atoms with van der Waals surface area (Å²) in [7, 11) is 0. The number of carbonyl (C=O) groups excluding carboxylic acids is 1. The van der Waals surface area contributed by atoms with E-state index in [-0.39, 0.29) is 18.0 Å². The lowest BCUT2D eigenvalue weighted by Gasteiger charge is -2.25. The van der Waals surface area contributed by atoms with Crippen molar-refractivity contribution >= 4 is 5.97 Å². The highest BCUT2D eigenvalue weighted by atomic mass is 16.6. The van der Waals surface area contributed by atoms with Gasteiger partial charge in [0.2, 0.25) is 0 Å². The third-order valence-corrected chi connectivity index (χ3v) is 3.86. The quantitative estimate of drug-likeness (QED) is 0.675. The Morgan fingerprint density at radius 1 is 1.06 bits per heavy atom. The summed E-state index contributed by atoms with van der Waals surface area (Å²) in [5, 5.41) is 0. The fourth-order valence-electron chi connectivity index (χ4n) is 3.09. The van der Waals surface area contributed by atoms with Crippen molar-refractivity contribution in [1.82, 2.24) is 0 Å². The predicted octanol–water partition coefficient (Wildman–Crippen LogP) is 2.89. The highest BCUT2D eigenvalue weighted by Crippen LogP contribution is 2.43. The van der Waals surface area contributed by atoms with Crippen molar-refractivity contribution < 1.29 is 9.53 Å². The first kappa shape index (κ1) is 9.88. The first-order chi connectivity index (χ1) is 7.86. The number of benzene rings is 1. The number of esters is 1. The van der Waals surface area contributed by atoms with Gasteiger partial charge in [0.05, 0.1) is 5.92 Å². The van der Waals surface area contributed by atoms with E-state index in [2.05, 4.69) is 0 Å². The average Bonchev–Trinajstić information content (AvgIpc) is 2.66. The van der Waals surface area contributed by atoms with Crippen molar-refractivity contribution in [3.8, 4) is 0 Å². The Morgan fingerprint density at radius 2 is 1.81 bits per heavy atom. The van der Waals surface area contributed by atoms with Gasteiger partial charge in [-0.3, -0.25) is 4.79 Å². The van der Waals surface area contributed by atoms with E-state index in [1.165, 1.54) is 12.8 Å². The molecule has 0 aromatic heterocycles. The third-order valence-electron chi connectivity index (χ3n) is 3.86. The highest BCUT2D eigenvalue weighted by molar-refractivity contribution is 5.81. The molecule has 2 aliphatic rings. The maximum atomic E-state index is 11.9. The Balaban J connectivity index is 1.91. The van der Waals surface area contributed by atoms with E-state index in [4.69, 9.17) is 4.74 Å². The van der Waals surface area contributed by atoms with Gasteiger partial charge in [0.25, 0.3) is 0 Å². The van der Waals surface area contributed by atoms with Crippen molar-refractivity contribution in [2.75, 3.05) is 0 Å². The lowest BCUT2D eigenvalue weighted by Crippen LogP contribution is -2.23. The molecule has 0 N–H and O–H groups in total. The second-order valence-electron chi connectivity index (χ2n) is 4.81. The summed E-state index contributed by atoms with van der Waals surface area (Å²) in [6, 6.07) is 10.1. The molecule has 0 radical (unpaired) electrons. The van der Waals surface area contributed by atoms with Crippen molar-refractivity contribution in [2.24, 2.45) is 5.92 Å². The fraction of sp³-hybridized carbons (Fsp3) is 0.500. The Morgan fingerprint density at radius 3 is 2.62 bits per heavy atom. The topological polar surface area (TPSA) is 26.3 Å². The van der Waals surface area contributed by atoms with Gasteiger partial charge < -0.3 is 4.74 Å². The van der Waals surface area contributed by atoms with E-state index < -0.39 is 0 Å². The van der Waals surface area contributed by atoms with Crippen LogP contribution in [0.15, 0.2) is 30.3 Å². The van der Waals surface area contributed by atoms with Crippen molar-refractivity contribution in [3.63, 3.8) is 0 Å². The fourth-order valence-corrected chi connectivity index (χ4v) is 3.09. The minimum absolute atomic E-state index is 0.00787. The summed E-state index contributed by atoms with van der Waals surface area (Å²) in [6.45, 7) is 0. The van der Waals surface area contributed by atoms with Gasteiger partial charge in [-0.1, -0.05) is 36.8 Å². The minimum Gasteiger partial charge on any atom is -0.462 e. The monoisotopic (exact) mass is 216 g/mol. The summed E-state index contributed by atoms with van der Waals surface area (Å²) in [5.74, 6) is 0.401. The van der Waals surface area contributed by atoms with Crippen LogP contribution in [0.25, 0.3) is 0 Å². The molecule has 0 unspecified atom stereocenters. The largest absolute Gasteiger partial charge is 0.462 e. The maximum absolute atomic E-state index is 11.9. The highest BCUT2D eigenvalue weighted by Gasteiger charge is 2.45. The molecule has 1 aromatic carbocycles. The summed E-state index contributed by atoms with van der Waals surface area (Å²) in [5.41, 5.74) is 1.13. The molecule has 3 atom stereocenters. The van der Waals surface area contributed by atoms with E-state index in [9.17, 15) is 4.79 Å². The second-order valence-corrected chi connectivity index (χ2v) is 4.81. The summed E-state index contributed by atoms with van der Waals surface area (Å²) < 4.78 is 5.49. The molecule has 2 nitrogen and oxygen atoms in total. The van der Waals surface area contributed by atoms with Gasteiger partial charge in [-0.05, 0) is 24.8 Å². The Kier molecular flexibility index (Phi) is 2.43. The molecule has 0 amide bonds. The van der Waals surface area contributed by atoms with Crippen molar-refractivity contribution in [1.29, 1.82) is 0 Å². The molecule has 1 saturated heterocycles. The molecule has 1 aliphatic carbocycles. The molecule has 1 heterocycles. The molecule has 16 heavy (non-hydrogen) atoms. The Bertz CT molecular complexity index is 385. The van der Waals surface area contributed by atoms with Gasteiger partial charge in [-0.2, -0.15) is 0 Å². The van der Waals surface area contributed by atoms with Gasteiger partial charge in [0, 0.05) is 5.92 Å². The van der Waals surface area contributed by atoms with Gasteiger partial charge in [0.15, 0.2) is 0 Å². The van der Waals surface area contributed by atoms with Crippen molar-refractivity contribution in [2.45, 2.75) is 37.7 Å². The average molecular weight is 216 g/mol. The van der Waals surface area contributed by atoms with E-state index in [1.54, 1.807) is 0 Å². The van der Waals surface area contributed by atoms with Gasteiger partial charge in [-0.25, -0.2) is 0 Å². The van der Waals surface area contributed by atoms with Crippen LogP contribution in [-0.4, -0.2) is 12.1 Å². The first-order valence-electron chi connectivity index (χ1n) is 6.12. The van der Waals surface area contributed by atoms with Crippen LogP contribution >= 0.6 is 0 Å². The molecule has 1 aliphatic heterocycles. The normalized spacial score (nSPS) is 33.2. The molecule has 2 heteroatoms. The lowest BCUT2D eigenvalue weighted by atomic mass is 9.77. The van der Waals surface area contributed by atoms with Crippen LogP contribution in [0, 0.1) is 5.92 Å². The SMILES string of the molecule is O=C1O[C@@H]2CCCC[C@@H]2[C@@H]1c1ccccc1. The number of fused-ring (bicyclic) bond motifs is 1. The predicted molar refractivity (Wildman–Crippen MR) is 61.0 cm³/mol. The molecule has 1 aromatic rings. The molecule has 1 saturated carbocycles. The molecule has 0 bridgehead atoms. The number of hydrogen-bond donors (Lipinski definition) is 0. The van der Waals surface area contributed by atoms with Crippen LogP contribution in [0.2, 0.25) is 0 Å². The number of ether oxygens (including phenoxy) is 1. The Hall–Kier alpha value is -1.31. The number of rotatable bonds is 1. The summed E-state index contributed by atoms with van der Waals surface area (Å²) in [6.07, 6.45) is 4.82. The lowest BCUT2D eigenvalue weighted by molar-refractivity contribution is -0.142. The minimum atomic E-state index is -0.0110. The van der Waals surface area contributed by atoms with E-state index in [1.807, 2.05) is 30.3 Å². The number of carbonyl (C=O) groups is 1. The molecular weight excluding hydrogens is 200 g/mol. The zero-order valence-electron chi connectivity index (χ0n) is 9.26. The van der Waals surface area contributed by atoms with Gasteiger partial charge in [-0.15, -0.1) is 0 Å². The maximum Gasteiger partial charge on any atom is 0.314 e. The summed E-state index contributed by atoms with van der Waals surface area (Å²) in [4.78, 5) is 11.9. The smallest absolute Gasteiger partial charge is 0.314 e. The zero-order chi connectivity index (χ0) is 11.0. The van der Waals surface area contributed by atoms with Crippen LogP contribution in [0.5, 0.6) is 0 Å².